The van der Waals surface area contributed by atoms with Gasteiger partial charge in [0.15, 0.2) is 11.5 Å². The number of hydrogen-bond donors (Lipinski definition) is 3. The van der Waals surface area contributed by atoms with E-state index in [4.69, 9.17) is 9.47 Å². The number of unbranched alkanes of at least 4 members (excludes halogenated alkanes) is 3. The van der Waals surface area contributed by atoms with Crippen molar-refractivity contribution >= 4 is 24.8 Å². The summed E-state index contributed by atoms with van der Waals surface area (Å²) in [6, 6.07) is 22.1. The molecular weight excluding hydrogens is 571 g/mol. The average Bonchev–Trinajstić information content (AvgIpc) is 2.99. The van der Waals surface area contributed by atoms with Crippen molar-refractivity contribution in [1.29, 1.82) is 0 Å². The van der Waals surface area contributed by atoms with Gasteiger partial charge < -0.3 is 29.9 Å². The molecule has 0 aliphatic heterocycles. The maximum atomic E-state index is 10.2. The molecule has 1 unspecified atom stereocenters. The Bertz CT molecular complexity index is 1150. The van der Waals surface area contributed by atoms with Crippen molar-refractivity contribution in [1.82, 2.24) is 10.2 Å². The molecule has 232 valence electrons. The molecule has 0 saturated heterocycles. The van der Waals surface area contributed by atoms with Crippen molar-refractivity contribution in [2.24, 2.45) is 0 Å². The van der Waals surface area contributed by atoms with Crippen molar-refractivity contribution in [2.75, 3.05) is 32.8 Å². The molecule has 0 heterocycles. The number of nitrogens with one attached hydrogen (secondary N) is 1. The average molecular weight is 620 g/mol. The van der Waals surface area contributed by atoms with Crippen LogP contribution in [-0.2, 0) is 19.4 Å². The Kier molecular flexibility index (Phi) is 16.5. The Morgan fingerprint density at radius 2 is 1.52 bits per heavy atom. The molecule has 0 bridgehead atoms. The molecule has 4 rings (SSSR count). The van der Waals surface area contributed by atoms with Gasteiger partial charge in [0.1, 0.15) is 24.7 Å². The SMILES string of the molecule is CCCN(CCCCCCNCCOc1ccc(OCc2ccccc2)cc1)C1CCc2c(ccc(O)c2O)C1.Cl.Cl. The van der Waals surface area contributed by atoms with Crippen LogP contribution in [0, 0.1) is 0 Å². The number of rotatable bonds is 17. The van der Waals surface area contributed by atoms with Gasteiger partial charge >= 0.3 is 0 Å². The predicted molar refractivity (Wildman–Crippen MR) is 176 cm³/mol. The Hall–Kier alpha value is -2.64. The fourth-order valence-electron chi connectivity index (χ4n) is 5.54. The summed E-state index contributed by atoms with van der Waals surface area (Å²) in [5.41, 5.74) is 3.28. The number of aromatic hydroxyl groups is 2. The van der Waals surface area contributed by atoms with E-state index in [2.05, 4.69) is 29.3 Å². The summed E-state index contributed by atoms with van der Waals surface area (Å²) in [6.07, 6.45) is 8.88. The number of halogens is 2. The van der Waals surface area contributed by atoms with Crippen molar-refractivity contribution in [2.45, 2.75) is 70.9 Å². The van der Waals surface area contributed by atoms with Gasteiger partial charge in [-0.2, -0.15) is 0 Å². The lowest BCUT2D eigenvalue weighted by molar-refractivity contribution is 0.175. The zero-order valence-electron chi connectivity index (χ0n) is 24.8. The minimum Gasteiger partial charge on any atom is -0.504 e. The van der Waals surface area contributed by atoms with Gasteiger partial charge in [-0.1, -0.05) is 56.2 Å². The van der Waals surface area contributed by atoms with Crippen LogP contribution in [0.4, 0.5) is 0 Å². The summed E-state index contributed by atoms with van der Waals surface area (Å²) in [4.78, 5) is 2.64. The number of benzene rings is 3. The van der Waals surface area contributed by atoms with Gasteiger partial charge in [-0.15, -0.1) is 24.8 Å². The van der Waals surface area contributed by atoms with Crippen LogP contribution >= 0.6 is 24.8 Å². The molecule has 0 radical (unpaired) electrons. The van der Waals surface area contributed by atoms with Gasteiger partial charge in [-0.25, -0.2) is 0 Å². The Morgan fingerprint density at radius 3 is 2.26 bits per heavy atom. The summed E-state index contributed by atoms with van der Waals surface area (Å²) < 4.78 is 11.7. The Labute approximate surface area is 264 Å². The van der Waals surface area contributed by atoms with Crippen LogP contribution < -0.4 is 14.8 Å². The number of ether oxygens (including phenoxy) is 2. The number of nitrogens with zero attached hydrogens (tertiary/aromatic N) is 1. The second kappa shape index (κ2) is 19.5. The molecule has 0 amide bonds. The van der Waals surface area contributed by atoms with Crippen molar-refractivity contribution in [3.05, 3.63) is 83.4 Å². The molecule has 8 heteroatoms. The molecule has 0 fully saturated rings. The topological polar surface area (TPSA) is 74.2 Å². The third-order valence-corrected chi connectivity index (χ3v) is 7.74. The van der Waals surface area contributed by atoms with Crippen LogP contribution in [0.1, 0.15) is 62.1 Å². The number of fused-ring (bicyclic) bond motifs is 1. The zero-order valence-corrected chi connectivity index (χ0v) is 26.4. The molecule has 0 saturated carbocycles. The highest BCUT2D eigenvalue weighted by Gasteiger charge is 2.26. The van der Waals surface area contributed by atoms with Crippen LogP contribution in [0.5, 0.6) is 23.0 Å². The molecule has 3 N–H and O–H groups in total. The van der Waals surface area contributed by atoms with Crippen LogP contribution in [0.25, 0.3) is 0 Å². The molecule has 3 aromatic carbocycles. The maximum Gasteiger partial charge on any atom is 0.160 e. The maximum absolute atomic E-state index is 10.2. The first-order chi connectivity index (χ1) is 19.6. The first-order valence-corrected chi connectivity index (χ1v) is 15.0. The standard InChI is InChI=1S/C34H46N2O4.2ClH/c1-2-22-36(29-13-18-32-28(25-29)12-19-33(37)34(32)38)23-9-4-3-8-20-35-21-24-39-30-14-16-31(17-15-30)40-26-27-10-6-5-7-11-27;;/h5-7,10-12,14-17,19,29,35,37-38H,2-4,8-9,13,18,20-26H2,1H3;2*1H. The van der Waals surface area contributed by atoms with Crippen LogP contribution in [0.15, 0.2) is 66.7 Å². The second-order valence-electron chi connectivity index (χ2n) is 10.8. The highest BCUT2D eigenvalue weighted by atomic mass is 35.5. The monoisotopic (exact) mass is 618 g/mol. The summed E-state index contributed by atoms with van der Waals surface area (Å²) in [5, 5.41) is 23.5. The van der Waals surface area contributed by atoms with E-state index in [1.165, 1.54) is 31.2 Å². The predicted octanol–water partition coefficient (Wildman–Crippen LogP) is 7.32. The first kappa shape index (κ1) is 35.6. The number of hydrogen-bond acceptors (Lipinski definition) is 6. The van der Waals surface area contributed by atoms with Gasteiger partial charge in [0.2, 0.25) is 0 Å². The third kappa shape index (κ3) is 11.2. The van der Waals surface area contributed by atoms with Gasteiger partial charge in [-0.3, -0.25) is 0 Å². The third-order valence-electron chi connectivity index (χ3n) is 7.74. The lowest BCUT2D eigenvalue weighted by Crippen LogP contribution is -2.40. The van der Waals surface area contributed by atoms with E-state index >= 15 is 0 Å². The highest BCUT2D eigenvalue weighted by Crippen LogP contribution is 2.36. The molecular formula is C34H48Cl2N2O4. The van der Waals surface area contributed by atoms with Crippen molar-refractivity contribution < 1.29 is 19.7 Å². The highest BCUT2D eigenvalue weighted by molar-refractivity contribution is 5.85. The lowest BCUT2D eigenvalue weighted by atomic mass is 9.86. The van der Waals surface area contributed by atoms with Gasteiger partial charge in [0, 0.05) is 18.2 Å². The molecule has 1 aliphatic carbocycles. The summed E-state index contributed by atoms with van der Waals surface area (Å²) >= 11 is 0. The molecule has 6 nitrogen and oxygen atoms in total. The lowest BCUT2D eigenvalue weighted by Gasteiger charge is -2.35. The molecule has 1 atom stereocenters. The first-order valence-electron chi connectivity index (χ1n) is 15.0. The van der Waals surface area contributed by atoms with E-state index in [9.17, 15) is 10.2 Å². The molecule has 42 heavy (non-hydrogen) atoms. The van der Waals surface area contributed by atoms with Gasteiger partial charge in [0.05, 0.1) is 0 Å². The van der Waals surface area contributed by atoms with Crippen molar-refractivity contribution in [3.8, 4) is 23.0 Å². The molecule has 0 spiro atoms. The summed E-state index contributed by atoms with van der Waals surface area (Å²) in [5.74, 6) is 1.79. The van der Waals surface area contributed by atoms with Crippen LogP contribution in [-0.4, -0.2) is 53.9 Å². The zero-order chi connectivity index (χ0) is 28.0. The Morgan fingerprint density at radius 1 is 0.810 bits per heavy atom. The van der Waals surface area contributed by atoms with Crippen LogP contribution in [0.3, 0.4) is 0 Å². The number of phenols is 2. The van der Waals surface area contributed by atoms with E-state index in [-0.39, 0.29) is 36.3 Å². The van der Waals surface area contributed by atoms with E-state index in [0.29, 0.717) is 19.3 Å². The fourth-order valence-corrected chi connectivity index (χ4v) is 5.54. The van der Waals surface area contributed by atoms with E-state index in [0.717, 1.165) is 74.5 Å². The number of phenolic OH excluding ortho intramolecular Hbond substituents is 2. The minimum absolute atomic E-state index is 0. The van der Waals surface area contributed by atoms with E-state index < -0.39 is 0 Å². The second-order valence-corrected chi connectivity index (χ2v) is 10.8. The largest absolute Gasteiger partial charge is 0.504 e. The summed E-state index contributed by atoms with van der Waals surface area (Å²) in [6.45, 7) is 7.58. The van der Waals surface area contributed by atoms with Crippen molar-refractivity contribution in [3.63, 3.8) is 0 Å². The molecule has 1 aliphatic rings. The van der Waals surface area contributed by atoms with E-state index in [1.54, 1.807) is 6.07 Å². The fraction of sp³-hybridized carbons (Fsp3) is 0.471. The molecule has 0 aromatic heterocycles. The van der Waals surface area contributed by atoms with Crippen LogP contribution in [0.2, 0.25) is 0 Å². The smallest absolute Gasteiger partial charge is 0.160 e. The normalized spacial score (nSPS) is 14.0. The van der Waals surface area contributed by atoms with E-state index in [1.807, 2.05) is 48.5 Å². The van der Waals surface area contributed by atoms with Gasteiger partial charge in [-0.05, 0) is 99.6 Å². The quantitative estimate of drug-likeness (QED) is 0.109. The molecule has 3 aromatic rings. The summed E-state index contributed by atoms with van der Waals surface area (Å²) in [7, 11) is 0. The Balaban J connectivity index is 0.00000308. The minimum atomic E-state index is 0. The van der Waals surface area contributed by atoms with Gasteiger partial charge in [0.25, 0.3) is 0 Å².